The smallest absolute Gasteiger partial charge is 0.321 e. The predicted molar refractivity (Wildman–Crippen MR) is 123 cm³/mol. The molecule has 1 fully saturated rings. The van der Waals surface area contributed by atoms with Gasteiger partial charge in [0.15, 0.2) is 0 Å². The summed E-state index contributed by atoms with van der Waals surface area (Å²) in [4.78, 5) is 26.5. The van der Waals surface area contributed by atoms with Crippen molar-refractivity contribution >= 4 is 18.9 Å². The molecule has 2 rings (SSSR count). The lowest BCUT2D eigenvalue weighted by Gasteiger charge is -2.30. The number of carbonyl (C=O) groups excluding carboxylic acids is 2. The molecule has 0 saturated heterocycles. The largest absolute Gasteiger partial charge is 0.405 e. The molecule has 30 heavy (non-hydrogen) atoms. The molecule has 0 N–H and O–H groups in total. The fourth-order valence-electron chi connectivity index (χ4n) is 4.59. The second-order valence-electron chi connectivity index (χ2n) is 9.13. The molecular formula is C25H39O4P. The minimum Gasteiger partial charge on any atom is -0.405 e. The monoisotopic (exact) mass is 434 g/mol. The summed E-state index contributed by atoms with van der Waals surface area (Å²) in [5, 5.41) is 0. The fraction of sp³-hybridized carbons (Fsp3) is 0.680. The van der Waals surface area contributed by atoms with Crippen molar-refractivity contribution in [3.63, 3.8) is 0 Å². The highest BCUT2D eigenvalue weighted by atomic mass is 31.2. The number of aryl methyl sites for hydroxylation is 3. The van der Waals surface area contributed by atoms with Gasteiger partial charge in [-0.25, -0.2) is 0 Å². The van der Waals surface area contributed by atoms with Gasteiger partial charge in [-0.15, -0.1) is 0 Å². The van der Waals surface area contributed by atoms with Crippen molar-refractivity contribution in [1.29, 1.82) is 0 Å². The molecule has 0 heterocycles. The molecule has 1 saturated carbocycles. The first-order chi connectivity index (χ1) is 14.2. The van der Waals surface area contributed by atoms with Gasteiger partial charge < -0.3 is 4.52 Å². The van der Waals surface area contributed by atoms with E-state index in [-0.39, 0.29) is 11.6 Å². The van der Waals surface area contributed by atoms with E-state index in [1.807, 2.05) is 39.8 Å². The normalized spacial score (nSPS) is 17.9. The maximum atomic E-state index is 14.2. The summed E-state index contributed by atoms with van der Waals surface area (Å²) in [5.74, 6) is -0.817. The maximum Gasteiger partial charge on any atom is 0.321 e. The lowest BCUT2D eigenvalue weighted by atomic mass is 10.0. The second kappa shape index (κ2) is 11.3. The van der Waals surface area contributed by atoms with Gasteiger partial charge in [-0.2, -0.15) is 0 Å². The highest BCUT2D eigenvalue weighted by molar-refractivity contribution is 7.78. The molecule has 0 aliphatic heterocycles. The third-order valence-electron chi connectivity index (χ3n) is 6.35. The van der Waals surface area contributed by atoms with Gasteiger partial charge in [0, 0.05) is 5.56 Å². The van der Waals surface area contributed by atoms with Gasteiger partial charge in [0.2, 0.25) is 0 Å². The van der Waals surface area contributed by atoms with E-state index in [1.165, 1.54) is 0 Å². The van der Waals surface area contributed by atoms with Crippen molar-refractivity contribution in [1.82, 2.24) is 0 Å². The van der Waals surface area contributed by atoms with Crippen LogP contribution in [0, 0.1) is 26.7 Å². The molecule has 1 aliphatic carbocycles. The summed E-state index contributed by atoms with van der Waals surface area (Å²) >= 11 is 0. The van der Waals surface area contributed by atoms with Crippen molar-refractivity contribution < 1.29 is 18.7 Å². The first-order valence-corrected chi connectivity index (χ1v) is 13.4. The first kappa shape index (κ1) is 24.9. The van der Waals surface area contributed by atoms with Crippen molar-refractivity contribution in [3.8, 4) is 0 Å². The molecule has 1 aromatic rings. The molecular weight excluding hydrogens is 395 g/mol. The standard InChI is InChI=1S/C25H39O4P/c1-6-7-8-10-13-19(3)24(26)29-30(28,22-14-11-9-12-15-22)25(27)23-20(4)16-18(2)17-21(23)5/h16-17,19,22H,6-15H2,1-5H3. The van der Waals surface area contributed by atoms with Crippen molar-refractivity contribution in [2.24, 2.45) is 5.92 Å². The van der Waals surface area contributed by atoms with E-state index in [1.54, 1.807) is 0 Å². The minimum atomic E-state index is -3.82. The fourth-order valence-corrected chi connectivity index (χ4v) is 7.32. The van der Waals surface area contributed by atoms with E-state index in [2.05, 4.69) is 6.92 Å². The number of rotatable bonds is 10. The van der Waals surface area contributed by atoms with Crippen molar-refractivity contribution in [3.05, 3.63) is 34.4 Å². The van der Waals surface area contributed by atoms with Crippen LogP contribution in [0.15, 0.2) is 12.1 Å². The van der Waals surface area contributed by atoms with Gasteiger partial charge in [0.05, 0.1) is 11.6 Å². The molecule has 2 atom stereocenters. The van der Waals surface area contributed by atoms with Gasteiger partial charge in [0.1, 0.15) is 0 Å². The number of benzene rings is 1. The van der Waals surface area contributed by atoms with Crippen molar-refractivity contribution in [2.75, 3.05) is 0 Å². The average Bonchev–Trinajstić information content (AvgIpc) is 2.70. The maximum absolute atomic E-state index is 14.2. The predicted octanol–water partition coefficient (Wildman–Crippen LogP) is 7.51. The average molecular weight is 435 g/mol. The van der Waals surface area contributed by atoms with Gasteiger partial charge in [-0.3, -0.25) is 14.2 Å². The molecule has 0 bridgehead atoms. The lowest BCUT2D eigenvalue weighted by molar-refractivity contribution is -0.138. The first-order valence-electron chi connectivity index (χ1n) is 11.7. The lowest BCUT2D eigenvalue weighted by Crippen LogP contribution is -2.25. The molecule has 4 nitrogen and oxygen atoms in total. The summed E-state index contributed by atoms with van der Waals surface area (Å²) < 4.78 is 19.9. The van der Waals surface area contributed by atoms with Crippen LogP contribution in [0.25, 0.3) is 0 Å². The van der Waals surface area contributed by atoms with Crippen LogP contribution in [-0.4, -0.2) is 17.2 Å². The van der Waals surface area contributed by atoms with E-state index >= 15 is 0 Å². The molecule has 0 spiro atoms. The number of unbranched alkanes of at least 4 members (excludes halogenated alkanes) is 3. The Morgan fingerprint density at radius 1 is 1.03 bits per heavy atom. The summed E-state index contributed by atoms with van der Waals surface area (Å²) in [7, 11) is -3.82. The topological polar surface area (TPSA) is 60.4 Å². The Labute approximate surface area is 182 Å². The van der Waals surface area contributed by atoms with Gasteiger partial charge in [-0.1, -0.05) is 76.5 Å². The molecule has 0 aromatic heterocycles. The Balaban J connectivity index is 2.29. The number of carbonyl (C=O) groups is 2. The van der Waals surface area contributed by atoms with E-state index in [4.69, 9.17) is 4.52 Å². The minimum absolute atomic E-state index is 0.341. The molecule has 168 valence electrons. The van der Waals surface area contributed by atoms with Crippen LogP contribution >= 0.6 is 7.37 Å². The van der Waals surface area contributed by atoms with E-state index in [9.17, 15) is 14.2 Å². The third kappa shape index (κ3) is 6.06. The highest BCUT2D eigenvalue weighted by Crippen LogP contribution is 2.59. The van der Waals surface area contributed by atoms with Crippen LogP contribution < -0.4 is 0 Å². The zero-order chi connectivity index (χ0) is 22.3. The summed E-state index contributed by atoms with van der Waals surface area (Å²) in [6.07, 6.45) is 9.32. The Morgan fingerprint density at radius 2 is 1.63 bits per heavy atom. The quantitative estimate of drug-likeness (QED) is 0.282. The SMILES string of the molecule is CCCCCCC(C)C(=O)OP(=O)(C(=O)c1c(C)cc(C)cc1C)C1CCCCC1. The van der Waals surface area contributed by atoms with E-state index in [0.29, 0.717) is 24.8 Å². The van der Waals surface area contributed by atoms with Crippen LogP contribution in [0.4, 0.5) is 0 Å². The Hall–Kier alpha value is -1.41. The van der Waals surface area contributed by atoms with Crippen molar-refractivity contribution in [2.45, 2.75) is 104 Å². The Bertz CT molecular complexity index is 769. The second-order valence-corrected chi connectivity index (χ2v) is 11.6. The van der Waals surface area contributed by atoms with E-state index < -0.39 is 18.9 Å². The zero-order valence-electron chi connectivity index (χ0n) is 19.5. The summed E-state index contributed by atoms with van der Waals surface area (Å²) in [6, 6.07) is 3.87. The van der Waals surface area contributed by atoms with Crippen LogP contribution in [0.5, 0.6) is 0 Å². The molecule has 1 aromatic carbocycles. The molecule has 0 amide bonds. The molecule has 1 aliphatic rings. The Kier molecular flexibility index (Phi) is 9.34. The summed E-state index contributed by atoms with van der Waals surface area (Å²) in [6.45, 7) is 9.70. The van der Waals surface area contributed by atoms with Gasteiger partial charge in [0.25, 0.3) is 5.52 Å². The zero-order valence-corrected chi connectivity index (χ0v) is 20.4. The highest BCUT2D eigenvalue weighted by Gasteiger charge is 2.46. The molecule has 2 unspecified atom stereocenters. The number of hydrogen-bond acceptors (Lipinski definition) is 4. The van der Waals surface area contributed by atoms with Crippen LogP contribution in [0.2, 0.25) is 0 Å². The number of hydrogen-bond donors (Lipinski definition) is 0. The Morgan fingerprint density at radius 3 is 2.20 bits per heavy atom. The molecule has 5 heteroatoms. The van der Waals surface area contributed by atoms with Gasteiger partial charge in [-0.05, 0) is 51.2 Å². The van der Waals surface area contributed by atoms with Crippen LogP contribution in [0.1, 0.15) is 105 Å². The summed E-state index contributed by atoms with van der Waals surface area (Å²) in [5.41, 5.74) is 2.32. The van der Waals surface area contributed by atoms with Crippen LogP contribution in [-0.2, 0) is 13.9 Å². The van der Waals surface area contributed by atoms with Gasteiger partial charge >= 0.3 is 13.3 Å². The third-order valence-corrected chi connectivity index (χ3v) is 9.07. The van der Waals surface area contributed by atoms with Crippen LogP contribution in [0.3, 0.4) is 0 Å². The molecule has 0 radical (unpaired) electrons. The van der Waals surface area contributed by atoms with E-state index in [0.717, 1.165) is 61.6 Å².